The number of thiophene rings is 1. The van der Waals surface area contributed by atoms with E-state index < -0.39 is 0 Å². The number of nitrogens with one attached hydrogen (secondary N) is 1. The Kier molecular flexibility index (Phi) is 3.56. The SMILES string of the molecule is Cc1csc(CNCCN)c1. The van der Waals surface area contributed by atoms with Gasteiger partial charge in [-0.2, -0.15) is 0 Å². The Morgan fingerprint density at radius 3 is 3.00 bits per heavy atom. The Bertz CT molecular complexity index is 208. The van der Waals surface area contributed by atoms with Gasteiger partial charge < -0.3 is 11.1 Å². The molecule has 1 aromatic heterocycles. The maximum atomic E-state index is 5.34. The lowest BCUT2D eigenvalue weighted by atomic mass is 10.3. The summed E-state index contributed by atoms with van der Waals surface area (Å²) in [6.07, 6.45) is 0. The van der Waals surface area contributed by atoms with Crippen LogP contribution in [0.4, 0.5) is 0 Å². The van der Waals surface area contributed by atoms with Crippen LogP contribution in [0.3, 0.4) is 0 Å². The van der Waals surface area contributed by atoms with Crippen LogP contribution in [0.2, 0.25) is 0 Å². The maximum absolute atomic E-state index is 5.34. The molecule has 3 heteroatoms. The quantitative estimate of drug-likeness (QED) is 0.664. The van der Waals surface area contributed by atoms with Crippen LogP contribution in [-0.4, -0.2) is 13.1 Å². The van der Waals surface area contributed by atoms with E-state index in [2.05, 4.69) is 23.7 Å². The average Bonchev–Trinajstić information content (AvgIpc) is 2.37. The molecule has 0 aliphatic heterocycles. The van der Waals surface area contributed by atoms with Crippen molar-refractivity contribution in [1.29, 1.82) is 0 Å². The van der Waals surface area contributed by atoms with Gasteiger partial charge in [0.05, 0.1) is 0 Å². The molecule has 0 bridgehead atoms. The molecule has 3 N–H and O–H groups in total. The van der Waals surface area contributed by atoms with Crippen molar-refractivity contribution in [2.24, 2.45) is 5.73 Å². The monoisotopic (exact) mass is 170 g/mol. The fourth-order valence-corrected chi connectivity index (χ4v) is 1.74. The molecule has 0 aromatic carbocycles. The van der Waals surface area contributed by atoms with Gasteiger partial charge in [-0.3, -0.25) is 0 Å². The Labute approximate surface area is 71.4 Å². The fraction of sp³-hybridized carbons (Fsp3) is 0.500. The predicted octanol–water partition coefficient (Wildman–Crippen LogP) is 1.10. The highest BCUT2D eigenvalue weighted by molar-refractivity contribution is 7.10. The minimum absolute atomic E-state index is 0.713. The zero-order chi connectivity index (χ0) is 8.10. The molecule has 1 aromatic rings. The van der Waals surface area contributed by atoms with Crippen LogP contribution in [0, 0.1) is 6.92 Å². The highest BCUT2D eigenvalue weighted by atomic mass is 32.1. The molecule has 11 heavy (non-hydrogen) atoms. The highest BCUT2D eigenvalue weighted by Crippen LogP contribution is 2.12. The fourth-order valence-electron chi connectivity index (χ4n) is 0.897. The van der Waals surface area contributed by atoms with Crippen LogP contribution in [-0.2, 0) is 6.54 Å². The van der Waals surface area contributed by atoms with E-state index in [0.29, 0.717) is 6.54 Å². The van der Waals surface area contributed by atoms with E-state index in [1.807, 2.05) is 0 Å². The molecule has 0 fully saturated rings. The summed E-state index contributed by atoms with van der Waals surface area (Å²) in [5.74, 6) is 0. The molecule has 0 saturated carbocycles. The van der Waals surface area contributed by atoms with Gasteiger partial charge in [-0.1, -0.05) is 0 Å². The maximum Gasteiger partial charge on any atom is 0.0300 e. The summed E-state index contributed by atoms with van der Waals surface area (Å²) >= 11 is 1.80. The normalized spacial score (nSPS) is 10.4. The van der Waals surface area contributed by atoms with Gasteiger partial charge in [-0.05, 0) is 23.9 Å². The van der Waals surface area contributed by atoms with Gasteiger partial charge >= 0.3 is 0 Å². The topological polar surface area (TPSA) is 38.0 Å². The molecular weight excluding hydrogens is 156 g/mol. The van der Waals surface area contributed by atoms with Crippen molar-refractivity contribution in [3.63, 3.8) is 0 Å². The lowest BCUT2D eigenvalue weighted by Crippen LogP contribution is -2.21. The Morgan fingerprint density at radius 1 is 1.64 bits per heavy atom. The zero-order valence-electron chi connectivity index (χ0n) is 6.76. The standard InChI is InChI=1S/C8H14N2S/c1-7-4-8(11-6-7)5-10-3-2-9/h4,6,10H,2-3,5,9H2,1H3. The van der Waals surface area contributed by atoms with E-state index in [4.69, 9.17) is 5.73 Å². The molecule has 0 spiro atoms. The average molecular weight is 170 g/mol. The van der Waals surface area contributed by atoms with E-state index in [1.54, 1.807) is 11.3 Å². The second kappa shape index (κ2) is 4.49. The first kappa shape index (κ1) is 8.71. The second-order valence-electron chi connectivity index (χ2n) is 2.56. The van der Waals surface area contributed by atoms with E-state index >= 15 is 0 Å². The molecule has 0 unspecified atom stereocenters. The van der Waals surface area contributed by atoms with E-state index in [0.717, 1.165) is 13.1 Å². The van der Waals surface area contributed by atoms with Crippen LogP contribution in [0.25, 0.3) is 0 Å². The molecule has 0 amide bonds. The van der Waals surface area contributed by atoms with Crippen molar-refractivity contribution in [2.45, 2.75) is 13.5 Å². The van der Waals surface area contributed by atoms with Crippen LogP contribution < -0.4 is 11.1 Å². The van der Waals surface area contributed by atoms with E-state index in [9.17, 15) is 0 Å². The van der Waals surface area contributed by atoms with Gasteiger partial charge in [0.2, 0.25) is 0 Å². The smallest absolute Gasteiger partial charge is 0.0300 e. The molecule has 2 nitrogen and oxygen atoms in total. The van der Waals surface area contributed by atoms with Crippen LogP contribution in [0.1, 0.15) is 10.4 Å². The van der Waals surface area contributed by atoms with E-state index in [1.165, 1.54) is 10.4 Å². The second-order valence-corrected chi connectivity index (χ2v) is 3.55. The summed E-state index contributed by atoms with van der Waals surface area (Å²) < 4.78 is 0. The third-order valence-electron chi connectivity index (χ3n) is 1.41. The highest BCUT2D eigenvalue weighted by Gasteiger charge is 1.93. The summed E-state index contributed by atoms with van der Waals surface area (Å²) in [4.78, 5) is 1.39. The van der Waals surface area contributed by atoms with Gasteiger partial charge in [0, 0.05) is 24.5 Å². The van der Waals surface area contributed by atoms with Crippen molar-refractivity contribution in [1.82, 2.24) is 5.32 Å². The van der Waals surface area contributed by atoms with Crippen molar-refractivity contribution >= 4 is 11.3 Å². The van der Waals surface area contributed by atoms with Crippen molar-refractivity contribution in [3.05, 3.63) is 21.9 Å². The molecule has 0 saturated heterocycles. The minimum atomic E-state index is 0.713. The van der Waals surface area contributed by atoms with Crippen molar-refractivity contribution in [2.75, 3.05) is 13.1 Å². The summed E-state index contributed by atoms with van der Waals surface area (Å²) in [6, 6.07) is 2.20. The molecule has 0 radical (unpaired) electrons. The first-order valence-corrected chi connectivity index (χ1v) is 4.65. The van der Waals surface area contributed by atoms with Crippen molar-refractivity contribution < 1.29 is 0 Å². The first-order chi connectivity index (χ1) is 5.33. The van der Waals surface area contributed by atoms with Gasteiger partial charge in [0.25, 0.3) is 0 Å². The summed E-state index contributed by atoms with van der Waals surface area (Å²) in [5, 5.41) is 5.42. The van der Waals surface area contributed by atoms with Gasteiger partial charge in [-0.15, -0.1) is 11.3 Å². The van der Waals surface area contributed by atoms with Crippen molar-refractivity contribution in [3.8, 4) is 0 Å². The van der Waals surface area contributed by atoms with Gasteiger partial charge in [0.1, 0.15) is 0 Å². The molecular formula is C8H14N2S. The van der Waals surface area contributed by atoms with Crippen LogP contribution >= 0.6 is 11.3 Å². The summed E-state index contributed by atoms with van der Waals surface area (Å²) in [5.41, 5.74) is 6.69. The Morgan fingerprint density at radius 2 is 2.45 bits per heavy atom. The number of nitrogens with two attached hydrogens (primary N) is 1. The number of aryl methyl sites for hydroxylation is 1. The predicted molar refractivity (Wildman–Crippen MR) is 49.8 cm³/mol. The van der Waals surface area contributed by atoms with E-state index in [-0.39, 0.29) is 0 Å². The number of hydrogen-bond acceptors (Lipinski definition) is 3. The third-order valence-corrected chi connectivity index (χ3v) is 2.46. The third kappa shape index (κ3) is 3.01. The molecule has 0 atom stereocenters. The molecule has 0 aliphatic carbocycles. The summed E-state index contributed by atoms with van der Waals surface area (Å²) in [7, 11) is 0. The first-order valence-electron chi connectivity index (χ1n) is 3.77. The van der Waals surface area contributed by atoms with Gasteiger partial charge in [-0.25, -0.2) is 0 Å². The minimum Gasteiger partial charge on any atom is -0.329 e. The zero-order valence-corrected chi connectivity index (χ0v) is 7.58. The largest absolute Gasteiger partial charge is 0.329 e. The molecule has 62 valence electrons. The Balaban J connectivity index is 2.27. The molecule has 1 heterocycles. The lowest BCUT2D eigenvalue weighted by Gasteiger charge is -1.98. The molecule has 0 aliphatic rings. The number of hydrogen-bond donors (Lipinski definition) is 2. The molecule has 1 rings (SSSR count). The number of rotatable bonds is 4. The Hall–Kier alpha value is -0.380. The van der Waals surface area contributed by atoms with Gasteiger partial charge in [0.15, 0.2) is 0 Å². The van der Waals surface area contributed by atoms with Crippen LogP contribution in [0.15, 0.2) is 11.4 Å². The summed E-state index contributed by atoms with van der Waals surface area (Å²) in [6.45, 7) is 4.68. The van der Waals surface area contributed by atoms with Crippen LogP contribution in [0.5, 0.6) is 0 Å². The lowest BCUT2D eigenvalue weighted by molar-refractivity contribution is 0.701.